The Morgan fingerprint density at radius 2 is 2.35 bits per heavy atom. The van der Waals surface area contributed by atoms with Gasteiger partial charge in [-0.15, -0.1) is 0 Å². The first kappa shape index (κ1) is 15.1. The van der Waals surface area contributed by atoms with Crippen LogP contribution < -0.4 is 11.3 Å². The summed E-state index contributed by atoms with van der Waals surface area (Å²) in [5.41, 5.74) is 3.64. The van der Waals surface area contributed by atoms with E-state index in [2.05, 4.69) is 17.4 Å². The second-order valence-corrected chi connectivity index (χ2v) is 5.73. The summed E-state index contributed by atoms with van der Waals surface area (Å²) in [5.74, 6) is 5.38. The Hall–Kier alpha value is -1.30. The number of nitrogens with two attached hydrogens (primary N) is 1. The maximum atomic E-state index is 12.5. The summed E-state index contributed by atoms with van der Waals surface area (Å²) < 4.78 is 0. The third kappa shape index (κ3) is 3.23. The molecule has 0 bridgehead atoms. The normalized spacial score (nSPS) is 19.1. The van der Waals surface area contributed by atoms with Crippen molar-refractivity contribution in [3.05, 3.63) is 28.8 Å². The first-order valence-electron chi connectivity index (χ1n) is 6.75. The minimum absolute atomic E-state index is 0.0687. The summed E-state index contributed by atoms with van der Waals surface area (Å²) in [4.78, 5) is 16.6. The monoisotopic (exact) mass is 296 g/mol. The van der Waals surface area contributed by atoms with Gasteiger partial charge in [-0.3, -0.25) is 10.6 Å². The highest BCUT2D eigenvalue weighted by atomic mass is 35.5. The molecule has 0 aliphatic carbocycles. The number of likely N-dealkylation sites (tertiary alicyclic amines) is 1. The molecule has 1 heterocycles. The maximum Gasteiger partial charge on any atom is 0.255 e. The number of hydrogen-bond acceptors (Lipinski definition) is 4. The minimum Gasteiger partial charge on any atom is -0.340 e. The van der Waals surface area contributed by atoms with Crippen molar-refractivity contribution < 1.29 is 4.79 Å². The number of carbonyl (C=O) groups is 1. The molecule has 1 aromatic carbocycles. The molecule has 110 valence electrons. The highest BCUT2D eigenvalue weighted by molar-refractivity contribution is 6.31. The van der Waals surface area contributed by atoms with Crippen molar-refractivity contribution in [2.24, 2.45) is 5.84 Å². The lowest BCUT2D eigenvalue weighted by atomic mass is 10.1. The summed E-state index contributed by atoms with van der Waals surface area (Å²) in [6, 6.07) is 5.49. The fourth-order valence-corrected chi connectivity index (χ4v) is 2.81. The number of rotatable bonds is 4. The van der Waals surface area contributed by atoms with Crippen LogP contribution in [0.15, 0.2) is 18.2 Å². The van der Waals surface area contributed by atoms with Crippen LogP contribution >= 0.6 is 11.6 Å². The van der Waals surface area contributed by atoms with E-state index in [9.17, 15) is 4.79 Å². The summed E-state index contributed by atoms with van der Waals surface area (Å²) in [6.07, 6.45) is 2.32. The highest BCUT2D eigenvalue weighted by Crippen LogP contribution is 2.22. The van der Waals surface area contributed by atoms with E-state index in [0.29, 0.717) is 28.9 Å². The van der Waals surface area contributed by atoms with Crippen molar-refractivity contribution in [3.8, 4) is 0 Å². The summed E-state index contributed by atoms with van der Waals surface area (Å²) in [6.45, 7) is 1.81. The third-order valence-corrected chi connectivity index (χ3v) is 4.11. The lowest BCUT2D eigenvalue weighted by molar-refractivity contribution is 0.0762. The maximum absolute atomic E-state index is 12.5. The van der Waals surface area contributed by atoms with E-state index in [-0.39, 0.29) is 5.91 Å². The van der Waals surface area contributed by atoms with Crippen molar-refractivity contribution in [3.63, 3.8) is 0 Å². The van der Waals surface area contributed by atoms with Gasteiger partial charge >= 0.3 is 0 Å². The molecule has 1 amide bonds. The number of benzene rings is 1. The molecular formula is C14H21ClN4O. The topological polar surface area (TPSA) is 61.6 Å². The summed E-state index contributed by atoms with van der Waals surface area (Å²) in [5, 5.41) is 0.527. The average molecular weight is 297 g/mol. The molecule has 2 rings (SSSR count). The number of halogens is 1. The van der Waals surface area contributed by atoms with Gasteiger partial charge in [0.25, 0.3) is 5.91 Å². The lowest BCUT2D eigenvalue weighted by Crippen LogP contribution is -2.39. The van der Waals surface area contributed by atoms with E-state index >= 15 is 0 Å². The number of hydrogen-bond donors (Lipinski definition) is 2. The molecule has 1 aromatic rings. The van der Waals surface area contributed by atoms with Gasteiger partial charge in [-0.05, 0) is 44.6 Å². The standard InChI is InChI=1S/C14H21ClN4O/c1-18-7-3-4-11(18)9-19(2)14(20)12-8-10(15)5-6-13(12)17-16/h5-6,8,11,17H,3-4,7,9,16H2,1-2H3. The fourth-order valence-electron chi connectivity index (χ4n) is 2.63. The Kier molecular flexibility index (Phi) is 4.86. The van der Waals surface area contributed by atoms with Gasteiger partial charge in [-0.2, -0.15) is 0 Å². The van der Waals surface area contributed by atoms with Crippen LogP contribution in [-0.2, 0) is 0 Å². The van der Waals surface area contributed by atoms with Gasteiger partial charge in [0.05, 0.1) is 11.3 Å². The van der Waals surface area contributed by atoms with Crippen molar-refractivity contribution >= 4 is 23.2 Å². The van der Waals surface area contributed by atoms with Gasteiger partial charge in [0, 0.05) is 24.7 Å². The zero-order valence-electron chi connectivity index (χ0n) is 11.9. The summed E-state index contributed by atoms with van der Waals surface area (Å²) >= 11 is 5.97. The number of hydrazine groups is 1. The molecule has 0 aromatic heterocycles. The number of amides is 1. The third-order valence-electron chi connectivity index (χ3n) is 3.87. The van der Waals surface area contributed by atoms with E-state index in [1.165, 1.54) is 6.42 Å². The molecule has 0 saturated carbocycles. The number of nitrogens with zero attached hydrogens (tertiary/aromatic N) is 2. The molecule has 1 saturated heterocycles. The molecule has 5 nitrogen and oxygen atoms in total. The van der Waals surface area contributed by atoms with E-state index < -0.39 is 0 Å². The SMILES string of the molecule is CN(CC1CCCN1C)C(=O)c1cc(Cl)ccc1NN. The first-order valence-corrected chi connectivity index (χ1v) is 7.12. The van der Waals surface area contributed by atoms with Crippen LogP contribution in [0.3, 0.4) is 0 Å². The number of nitrogen functional groups attached to an aromatic ring is 1. The second kappa shape index (κ2) is 6.43. The van der Waals surface area contributed by atoms with Gasteiger partial charge in [0.15, 0.2) is 0 Å². The van der Waals surface area contributed by atoms with Gasteiger partial charge < -0.3 is 15.2 Å². The average Bonchev–Trinajstić information content (AvgIpc) is 2.83. The number of likely N-dealkylation sites (N-methyl/N-ethyl adjacent to an activating group) is 2. The highest BCUT2D eigenvalue weighted by Gasteiger charge is 2.25. The molecule has 1 aliphatic rings. The Morgan fingerprint density at radius 3 is 2.95 bits per heavy atom. The number of nitrogens with one attached hydrogen (secondary N) is 1. The van der Waals surface area contributed by atoms with Gasteiger partial charge in [-0.25, -0.2) is 0 Å². The minimum atomic E-state index is -0.0687. The molecule has 1 unspecified atom stereocenters. The first-order chi connectivity index (χ1) is 9.52. The molecule has 6 heteroatoms. The molecule has 0 radical (unpaired) electrons. The van der Waals surface area contributed by atoms with E-state index in [0.717, 1.165) is 13.0 Å². The predicted molar refractivity (Wildman–Crippen MR) is 81.9 cm³/mol. The number of anilines is 1. The van der Waals surface area contributed by atoms with Crippen LogP contribution in [0.2, 0.25) is 5.02 Å². The van der Waals surface area contributed by atoms with E-state index in [1.54, 1.807) is 23.1 Å². The van der Waals surface area contributed by atoms with Crippen LogP contribution in [0.5, 0.6) is 0 Å². The lowest BCUT2D eigenvalue weighted by Gasteiger charge is -2.26. The van der Waals surface area contributed by atoms with Crippen LogP contribution in [-0.4, -0.2) is 48.9 Å². The quantitative estimate of drug-likeness (QED) is 0.657. The Bertz CT molecular complexity index is 494. The second-order valence-electron chi connectivity index (χ2n) is 5.30. The van der Waals surface area contributed by atoms with Crippen LogP contribution in [0.4, 0.5) is 5.69 Å². The molecule has 1 atom stereocenters. The van der Waals surface area contributed by atoms with Crippen LogP contribution in [0, 0.1) is 0 Å². The molecule has 1 fully saturated rings. The molecular weight excluding hydrogens is 276 g/mol. The zero-order valence-corrected chi connectivity index (χ0v) is 12.7. The van der Waals surface area contributed by atoms with Crippen LogP contribution in [0.1, 0.15) is 23.2 Å². The van der Waals surface area contributed by atoms with Gasteiger partial charge in [0.1, 0.15) is 0 Å². The smallest absolute Gasteiger partial charge is 0.255 e. The fraction of sp³-hybridized carbons (Fsp3) is 0.500. The molecule has 0 spiro atoms. The summed E-state index contributed by atoms with van der Waals surface area (Å²) in [7, 11) is 3.91. The number of carbonyl (C=O) groups excluding carboxylic acids is 1. The van der Waals surface area contributed by atoms with Gasteiger partial charge in [-0.1, -0.05) is 11.6 Å². The Labute approximate surface area is 124 Å². The Balaban J connectivity index is 2.12. The molecule has 20 heavy (non-hydrogen) atoms. The van der Waals surface area contributed by atoms with Crippen molar-refractivity contribution in [1.82, 2.24) is 9.80 Å². The van der Waals surface area contributed by atoms with E-state index in [1.807, 2.05) is 7.05 Å². The molecule has 3 N–H and O–H groups in total. The molecule has 1 aliphatic heterocycles. The van der Waals surface area contributed by atoms with E-state index in [4.69, 9.17) is 17.4 Å². The van der Waals surface area contributed by atoms with Crippen molar-refractivity contribution in [2.75, 3.05) is 32.6 Å². The largest absolute Gasteiger partial charge is 0.340 e. The predicted octanol–water partition coefficient (Wildman–Crippen LogP) is 1.79. The van der Waals surface area contributed by atoms with Crippen LogP contribution in [0.25, 0.3) is 0 Å². The van der Waals surface area contributed by atoms with Crippen molar-refractivity contribution in [2.45, 2.75) is 18.9 Å². The zero-order chi connectivity index (χ0) is 14.7. The Morgan fingerprint density at radius 1 is 1.60 bits per heavy atom. The van der Waals surface area contributed by atoms with Gasteiger partial charge in [0.2, 0.25) is 0 Å². The van der Waals surface area contributed by atoms with Crippen molar-refractivity contribution in [1.29, 1.82) is 0 Å².